The van der Waals surface area contributed by atoms with Crippen molar-refractivity contribution in [3.8, 4) is 11.3 Å². The van der Waals surface area contributed by atoms with Crippen LogP contribution in [0, 0.1) is 0 Å². The zero-order chi connectivity index (χ0) is 18.7. The molecule has 3 rings (SSSR count). The quantitative estimate of drug-likeness (QED) is 0.427. The molecule has 0 amide bonds. The standard InChI is InChI=1S/C21H17ClO4/c1-13(23)15-7-9-16(10-8-15)19-11-12-20(26-19)21(24)25-14(2)17-5-3-4-6-18(17)22/h3-12,14H,1-2H3. The molecule has 2 aromatic carbocycles. The summed E-state index contributed by atoms with van der Waals surface area (Å²) in [5, 5.41) is 0.540. The fourth-order valence-corrected chi connectivity index (χ4v) is 2.85. The van der Waals surface area contributed by atoms with E-state index < -0.39 is 12.1 Å². The number of hydrogen-bond donors (Lipinski definition) is 0. The third-order valence-corrected chi connectivity index (χ3v) is 4.35. The molecule has 0 aliphatic rings. The largest absolute Gasteiger partial charge is 0.452 e. The van der Waals surface area contributed by atoms with Gasteiger partial charge in [-0.2, -0.15) is 0 Å². The maximum atomic E-state index is 12.3. The Balaban J connectivity index is 1.73. The molecule has 0 bridgehead atoms. The maximum absolute atomic E-state index is 12.3. The van der Waals surface area contributed by atoms with Crippen LogP contribution in [0.1, 0.15) is 46.4 Å². The summed E-state index contributed by atoms with van der Waals surface area (Å²) in [5.74, 6) is 0.0600. The minimum atomic E-state index is -0.566. The van der Waals surface area contributed by atoms with Gasteiger partial charge in [0, 0.05) is 21.7 Å². The van der Waals surface area contributed by atoms with Gasteiger partial charge in [-0.3, -0.25) is 4.79 Å². The smallest absolute Gasteiger partial charge is 0.374 e. The van der Waals surface area contributed by atoms with Gasteiger partial charge in [-0.05, 0) is 32.0 Å². The van der Waals surface area contributed by atoms with Gasteiger partial charge in [-0.1, -0.05) is 54.1 Å². The van der Waals surface area contributed by atoms with Gasteiger partial charge in [0.25, 0.3) is 0 Å². The van der Waals surface area contributed by atoms with Crippen molar-refractivity contribution in [1.29, 1.82) is 0 Å². The summed E-state index contributed by atoms with van der Waals surface area (Å²) in [6, 6.07) is 17.5. The lowest BCUT2D eigenvalue weighted by atomic mass is 10.1. The summed E-state index contributed by atoms with van der Waals surface area (Å²) >= 11 is 6.13. The molecule has 0 aliphatic carbocycles. The topological polar surface area (TPSA) is 56.5 Å². The number of rotatable bonds is 5. The molecule has 4 nitrogen and oxygen atoms in total. The second-order valence-electron chi connectivity index (χ2n) is 5.87. The van der Waals surface area contributed by atoms with Gasteiger partial charge >= 0.3 is 5.97 Å². The van der Waals surface area contributed by atoms with E-state index in [1.807, 2.05) is 18.2 Å². The molecule has 0 aliphatic heterocycles. The molecule has 1 atom stereocenters. The van der Waals surface area contributed by atoms with Crippen LogP contribution in [0.25, 0.3) is 11.3 Å². The normalized spacial score (nSPS) is 11.8. The Morgan fingerprint density at radius 2 is 1.69 bits per heavy atom. The summed E-state index contributed by atoms with van der Waals surface area (Å²) < 4.78 is 11.0. The lowest BCUT2D eigenvalue weighted by Gasteiger charge is -2.13. The van der Waals surface area contributed by atoms with Crippen molar-refractivity contribution in [3.63, 3.8) is 0 Å². The highest BCUT2D eigenvalue weighted by Crippen LogP contribution is 2.27. The van der Waals surface area contributed by atoms with E-state index >= 15 is 0 Å². The first kappa shape index (κ1) is 18.0. The molecule has 0 N–H and O–H groups in total. The maximum Gasteiger partial charge on any atom is 0.374 e. The van der Waals surface area contributed by atoms with Crippen LogP contribution in [0.15, 0.2) is 65.1 Å². The van der Waals surface area contributed by atoms with Crippen molar-refractivity contribution in [2.45, 2.75) is 20.0 Å². The van der Waals surface area contributed by atoms with Crippen LogP contribution in [0.3, 0.4) is 0 Å². The van der Waals surface area contributed by atoms with E-state index in [2.05, 4.69) is 0 Å². The second-order valence-corrected chi connectivity index (χ2v) is 6.27. The molecule has 1 heterocycles. The molecule has 5 heteroatoms. The van der Waals surface area contributed by atoms with Crippen molar-refractivity contribution < 1.29 is 18.7 Å². The summed E-state index contributed by atoms with van der Waals surface area (Å²) in [5.41, 5.74) is 2.12. The molecular formula is C21H17ClO4. The molecule has 3 aromatic rings. The summed E-state index contributed by atoms with van der Waals surface area (Å²) in [4.78, 5) is 23.7. The van der Waals surface area contributed by atoms with Gasteiger partial charge in [-0.25, -0.2) is 4.79 Å². The van der Waals surface area contributed by atoms with Gasteiger partial charge in [0.2, 0.25) is 5.76 Å². The van der Waals surface area contributed by atoms with Gasteiger partial charge in [-0.15, -0.1) is 0 Å². The molecule has 0 fully saturated rings. The first-order valence-corrected chi connectivity index (χ1v) is 8.50. The number of ether oxygens (including phenoxy) is 1. The van der Waals surface area contributed by atoms with Crippen LogP contribution < -0.4 is 0 Å². The van der Waals surface area contributed by atoms with Crippen LogP contribution in [0.5, 0.6) is 0 Å². The highest BCUT2D eigenvalue weighted by atomic mass is 35.5. The molecule has 132 valence electrons. The summed E-state index contributed by atoms with van der Waals surface area (Å²) in [7, 11) is 0. The average Bonchev–Trinajstić information content (AvgIpc) is 3.12. The molecule has 1 aromatic heterocycles. The fourth-order valence-electron chi connectivity index (χ4n) is 2.56. The van der Waals surface area contributed by atoms with Crippen molar-refractivity contribution >= 4 is 23.4 Å². The molecule has 0 saturated carbocycles. The van der Waals surface area contributed by atoms with Crippen molar-refractivity contribution in [2.75, 3.05) is 0 Å². The zero-order valence-electron chi connectivity index (χ0n) is 14.4. The zero-order valence-corrected chi connectivity index (χ0v) is 15.1. The average molecular weight is 369 g/mol. The molecule has 26 heavy (non-hydrogen) atoms. The number of furan rings is 1. The highest BCUT2D eigenvalue weighted by Gasteiger charge is 2.19. The van der Waals surface area contributed by atoms with E-state index in [1.165, 1.54) is 6.92 Å². The second kappa shape index (κ2) is 7.58. The number of carbonyl (C=O) groups excluding carboxylic acids is 2. The van der Waals surface area contributed by atoms with Gasteiger partial charge < -0.3 is 9.15 Å². The predicted octanol–water partition coefficient (Wildman–Crippen LogP) is 5.72. The Morgan fingerprint density at radius 1 is 1.00 bits per heavy atom. The number of hydrogen-bond acceptors (Lipinski definition) is 4. The molecule has 0 saturated heterocycles. The van der Waals surface area contributed by atoms with Gasteiger partial charge in [0.1, 0.15) is 11.9 Å². The highest BCUT2D eigenvalue weighted by molar-refractivity contribution is 6.31. The summed E-state index contributed by atoms with van der Waals surface area (Å²) in [6.45, 7) is 3.26. The number of esters is 1. The number of benzene rings is 2. The minimum absolute atomic E-state index is 0.00572. The van der Waals surface area contributed by atoms with E-state index in [0.717, 1.165) is 11.1 Å². The Hall–Kier alpha value is -2.85. The number of halogens is 1. The predicted molar refractivity (Wildman–Crippen MR) is 99.4 cm³/mol. The fraction of sp³-hybridized carbons (Fsp3) is 0.143. The van der Waals surface area contributed by atoms with Crippen LogP contribution in [0.4, 0.5) is 0 Å². The van der Waals surface area contributed by atoms with Gasteiger partial charge in [0.05, 0.1) is 0 Å². The monoisotopic (exact) mass is 368 g/mol. The summed E-state index contributed by atoms with van der Waals surface area (Å²) in [6.07, 6.45) is -0.500. The minimum Gasteiger partial charge on any atom is -0.452 e. The molecule has 1 unspecified atom stereocenters. The van der Waals surface area contributed by atoms with E-state index in [0.29, 0.717) is 16.3 Å². The molecule has 0 spiro atoms. The number of carbonyl (C=O) groups is 2. The Labute approximate surface area is 156 Å². The lowest BCUT2D eigenvalue weighted by molar-refractivity contribution is 0.0302. The SMILES string of the molecule is CC(=O)c1ccc(-c2ccc(C(=O)OC(C)c3ccccc3Cl)o2)cc1. The Bertz CT molecular complexity index is 941. The number of ketones is 1. The molecular weight excluding hydrogens is 352 g/mol. The van der Waals surface area contributed by atoms with E-state index in [4.69, 9.17) is 20.8 Å². The first-order valence-electron chi connectivity index (χ1n) is 8.12. The van der Waals surface area contributed by atoms with Crippen LogP contribution >= 0.6 is 11.6 Å². The number of Topliss-reactive ketones (excluding diaryl/α,β-unsaturated/α-hetero) is 1. The van der Waals surface area contributed by atoms with Crippen molar-refractivity contribution in [1.82, 2.24) is 0 Å². The lowest BCUT2D eigenvalue weighted by Crippen LogP contribution is -2.08. The Kier molecular flexibility index (Phi) is 5.24. The third-order valence-electron chi connectivity index (χ3n) is 4.01. The van der Waals surface area contributed by atoms with E-state index in [-0.39, 0.29) is 11.5 Å². The van der Waals surface area contributed by atoms with E-state index in [1.54, 1.807) is 49.4 Å². The third kappa shape index (κ3) is 3.86. The van der Waals surface area contributed by atoms with Crippen molar-refractivity contribution in [3.05, 3.63) is 82.6 Å². The van der Waals surface area contributed by atoms with Gasteiger partial charge in [0.15, 0.2) is 5.78 Å². The van der Waals surface area contributed by atoms with Crippen LogP contribution in [0.2, 0.25) is 5.02 Å². The van der Waals surface area contributed by atoms with Crippen LogP contribution in [-0.4, -0.2) is 11.8 Å². The molecule has 0 radical (unpaired) electrons. The first-order chi connectivity index (χ1) is 12.5. The van der Waals surface area contributed by atoms with E-state index in [9.17, 15) is 9.59 Å². The van der Waals surface area contributed by atoms with Crippen LogP contribution in [-0.2, 0) is 4.74 Å². The van der Waals surface area contributed by atoms with Crippen molar-refractivity contribution in [2.24, 2.45) is 0 Å². The Morgan fingerprint density at radius 3 is 2.35 bits per heavy atom.